The van der Waals surface area contributed by atoms with Gasteiger partial charge < -0.3 is 14.2 Å². The largest absolute Gasteiger partial charge is 0.497 e. The number of nitrogens with zero attached hydrogens (tertiary/aromatic N) is 4. The van der Waals surface area contributed by atoms with E-state index in [9.17, 15) is 4.79 Å². The molecule has 0 saturated carbocycles. The maximum atomic E-state index is 12.5. The molecule has 24 heavy (non-hydrogen) atoms. The molecule has 0 spiro atoms. The Hall–Kier alpha value is -2.02. The quantitative estimate of drug-likeness (QED) is 0.779. The Morgan fingerprint density at radius 1 is 1.29 bits per heavy atom. The number of carbonyl (C=O) groups is 1. The van der Waals surface area contributed by atoms with Gasteiger partial charge in [0.15, 0.2) is 11.0 Å². The fraction of sp³-hybridized carbons (Fsp3) is 0.471. The average molecular weight is 346 g/mol. The standard InChI is InChI=1S/C17H22N4O2S/c1-12(16(22)21-9-4-5-10-21)24-17-19-18-15(20(17)2)13-7-6-8-14(11-13)23-3/h6-8,11-12H,4-5,9-10H2,1-3H3/t12-/m1/s1. The summed E-state index contributed by atoms with van der Waals surface area (Å²) in [5.41, 5.74) is 0.940. The Morgan fingerprint density at radius 2 is 2.04 bits per heavy atom. The van der Waals surface area contributed by atoms with Crippen molar-refractivity contribution >= 4 is 17.7 Å². The van der Waals surface area contributed by atoms with Crippen molar-refractivity contribution in [1.82, 2.24) is 19.7 Å². The van der Waals surface area contributed by atoms with Gasteiger partial charge in [-0.3, -0.25) is 4.79 Å². The highest BCUT2D eigenvalue weighted by atomic mass is 32.2. The summed E-state index contributed by atoms with van der Waals surface area (Å²) in [6.07, 6.45) is 2.21. The van der Waals surface area contributed by atoms with E-state index in [0.29, 0.717) is 0 Å². The zero-order valence-electron chi connectivity index (χ0n) is 14.2. The first-order valence-electron chi connectivity index (χ1n) is 8.09. The summed E-state index contributed by atoms with van der Waals surface area (Å²) >= 11 is 1.46. The molecule has 0 N–H and O–H groups in total. The van der Waals surface area contributed by atoms with Gasteiger partial charge in [-0.2, -0.15) is 0 Å². The molecular weight excluding hydrogens is 324 g/mol. The van der Waals surface area contributed by atoms with Gasteiger partial charge in [-0.25, -0.2) is 0 Å². The highest BCUT2D eigenvalue weighted by molar-refractivity contribution is 8.00. The number of ether oxygens (including phenoxy) is 1. The van der Waals surface area contributed by atoms with E-state index in [0.717, 1.165) is 48.2 Å². The highest BCUT2D eigenvalue weighted by Crippen LogP contribution is 2.28. The lowest BCUT2D eigenvalue weighted by molar-refractivity contribution is -0.129. The number of rotatable bonds is 5. The second-order valence-electron chi connectivity index (χ2n) is 5.89. The predicted molar refractivity (Wildman–Crippen MR) is 94.1 cm³/mol. The van der Waals surface area contributed by atoms with E-state index in [2.05, 4.69) is 10.2 Å². The van der Waals surface area contributed by atoms with Gasteiger partial charge in [0.1, 0.15) is 5.75 Å². The predicted octanol–water partition coefficient (Wildman–Crippen LogP) is 2.59. The van der Waals surface area contributed by atoms with E-state index in [4.69, 9.17) is 4.74 Å². The number of thioether (sulfide) groups is 1. The topological polar surface area (TPSA) is 60.3 Å². The van der Waals surface area contributed by atoms with Crippen molar-refractivity contribution in [1.29, 1.82) is 0 Å². The molecule has 1 aliphatic rings. The fourth-order valence-electron chi connectivity index (χ4n) is 2.83. The molecule has 0 bridgehead atoms. The summed E-state index contributed by atoms with van der Waals surface area (Å²) < 4.78 is 7.19. The Labute approximate surface area is 146 Å². The van der Waals surface area contributed by atoms with E-state index in [1.807, 2.05) is 47.7 Å². The van der Waals surface area contributed by atoms with Gasteiger partial charge >= 0.3 is 0 Å². The van der Waals surface area contributed by atoms with Gasteiger partial charge in [0, 0.05) is 25.7 Å². The molecule has 1 amide bonds. The minimum Gasteiger partial charge on any atom is -0.497 e. The molecule has 1 fully saturated rings. The number of methoxy groups -OCH3 is 1. The first kappa shape index (κ1) is 16.8. The highest BCUT2D eigenvalue weighted by Gasteiger charge is 2.25. The van der Waals surface area contributed by atoms with Crippen molar-refractivity contribution in [2.24, 2.45) is 7.05 Å². The van der Waals surface area contributed by atoms with Crippen LogP contribution in [0.25, 0.3) is 11.4 Å². The molecule has 128 valence electrons. The van der Waals surface area contributed by atoms with Crippen LogP contribution in [0.5, 0.6) is 5.75 Å². The molecule has 1 aliphatic heterocycles. The van der Waals surface area contributed by atoms with Gasteiger partial charge in [-0.05, 0) is 31.9 Å². The second kappa shape index (κ2) is 7.25. The number of benzene rings is 1. The van der Waals surface area contributed by atoms with Gasteiger partial charge in [0.05, 0.1) is 12.4 Å². The normalized spacial score (nSPS) is 15.5. The van der Waals surface area contributed by atoms with Crippen LogP contribution >= 0.6 is 11.8 Å². The molecule has 7 heteroatoms. The first-order valence-corrected chi connectivity index (χ1v) is 8.97. The zero-order chi connectivity index (χ0) is 17.1. The van der Waals surface area contributed by atoms with Crippen LogP contribution in [0.2, 0.25) is 0 Å². The molecule has 2 aromatic rings. The Kier molecular flexibility index (Phi) is 5.08. The maximum Gasteiger partial charge on any atom is 0.235 e. The number of aromatic nitrogens is 3. The van der Waals surface area contributed by atoms with Gasteiger partial charge in [0.25, 0.3) is 0 Å². The Bertz CT molecular complexity index is 725. The second-order valence-corrected chi connectivity index (χ2v) is 7.20. The van der Waals surface area contributed by atoms with E-state index in [1.54, 1.807) is 7.11 Å². The maximum absolute atomic E-state index is 12.5. The number of hydrogen-bond donors (Lipinski definition) is 0. The van der Waals surface area contributed by atoms with Crippen molar-refractivity contribution in [3.8, 4) is 17.1 Å². The molecule has 1 aromatic carbocycles. The van der Waals surface area contributed by atoms with Crippen LogP contribution in [0.4, 0.5) is 0 Å². The Morgan fingerprint density at radius 3 is 2.75 bits per heavy atom. The van der Waals surface area contributed by atoms with Crippen molar-refractivity contribution in [2.75, 3.05) is 20.2 Å². The van der Waals surface area contributed by atoms with Crippen LogP contribution in [0, 0.1) is 0 Å². The fourth-order valence-corrected chi connectivity index (χ4v) is 3.73. The molecule has 0 radical (unpaired) electrons. The van der Waals surface area contributed by atoms with Crippen LogP contribution in [0.1, 0.15) is 19.8 Å². The molecule has 2 heterocycles. The molecule has 1 saturated heterocycles. The summed E-state index contributed by atoms with van der Waals surface area (Å²) in [5, 5.41) is 9.12. The summed E-state index contributed by atoms with van der Waals surface area (Å²) in [6.45, 7) is 3.68. The zero-order valence-corrected chi connectivity index (χ0v) is 15.0. The van der Waals surface area contributed by atoms with Crippen LogP contribution in [-0.2, 0) is 11.8 Å². The lowest BCUT2D eigenvalue weighted by atomic mass is 10.2. The lowest BCUT2D eigenvalue weighted by Gasteiger charge is -2.19. The number of hydrogen-bond acceptors (Lipinski definition) is 5. The first-order chi connectivity index (χ1) is 11.6. The van der Waals surface area contributed by atoms with Crippen molar-refractivity contribution in [3.05, 3.63) is 24.3 Å². The van der Waals surface area contributed by atoms with Gasteiger partial charge in [-0.15, -0.1) is 10.2 Å². The lowest BCUT2D eigenvalue weighted by Crippen LogP contribution is -2.34. The van der Waals surface area contributed by atoms with E-state index >= 15 is 0 Å². The molecular formula is C17H22N4O2S. The third-order valence-corrected chi connectivity index (χ3v) is 5.33. The molecule has 3 rings (SSSR count). The van der Waals surface area contributed by atoms with Crippen LogP contribution in [0.3, 0.4) is 0 Å². The Balaban J connectivity index is 1.75. The minimum absolute atomic E-state index is 0.163. The summed E-state index contributed by atoms with van der Waals surface area (Å²) in [7, 11) is 3.56. The smallest absolute Gasteiger partial charge is 0.235 e. The van der Waals surface area contributed by atoms with E-state index in [1.165, 1.54) is 11.8 Å². The SMILES string of the molecule is COc1cccc(-c2nnc(S[C@H](C)C(=O)N3CCCC3)n2C)c1. The minimum atomic E-state index is -0.163. The average Bonchev–Trinajstić information content (AvgIpc) is 3.25. The van der Waals surface area contributed by atoms with Crippen LogP contribution in [0.15, 0.2) is 29.4 Å². The van der Waals surface area contributed by atoms with Crippen molar-refractivity contribution in [2.45, 2.75) is 30.2 Å². The summed E-state index contributed by atoms with van der Waals surface area (Å²) in [6, 6.07) is 7.72. The van der Waals surface area contributed by atoms with Gasteiger partial charge in [0.2, 0.25) is 5.91 Å². The summed E-state index contributed by atoms with van der Waals surface area (Å²) in [4.78, 5) is 14.4. The van der Waals surface area contributed by atoms with Crippen LogP contribution < -0.4 is 4.74 Å². The van der Waals surface area contributed by atoms with Crippen LogP contribution in [-0.4, -0.2) is 51.0 Å². The van der Waals surface area contributed by atoms with E-state index in [-0.39, 0.29) is 11.2 Å². The molecule has 0 aliphatic carbocycles. The third-order valence-electron chi connectivity index (χ3n) is 4.21. The number of amides is 1. The van der Waals surface area contributed by atoms with Gasteiger partial charge in [-0.1, -0.05) is 23.9 Å². The van der Waals surface area contributed by atoms with Crippen molar-refractivity contribution < 1.29 is 9.53 Å². The monoisotopic (exact) mass is 346 g/mol. The van der Waals surface area contributed by atoms with E-state index < -0.39 is 0 Å². The molecule has 1 atom stereocenters. The van der Waals surface area contributed by atoms with Crippen molar-refractivity contribution in [3.63, 3.8) is 0 Å². The summed E-state index contributed by atoms with van der Waals surface area (Å²) in [5.74, 6) is 1.72. The number of carbonyl (C=O) groups excluding carboxylic acids is 1. The molecule has 0 unspecified atom stereocenters. The number of likely N-dealkylation sites (tertiary alicyclic amines) is 1. The third kappa shape index (κ3) is 3.40. The molecule has 1 aromatic heterocycles. The molecule has 6 nitrogen and oxygen atoms in total.